The number of rotatable bonds is 3. The number of piperidine rings is 1. The Morgan fingerprint density at radius 1 is 1.19 bits per heavy atom. The van der Waals surface area contributed by atoms with Crippen LogP contribution >= 0.6 is 0 Å². The van der Waals surface area contributed by atoms with Crippen molar-refractivity contribution in [1.29, 1.82) is 0 Å². The summed E-state index contributed by atoms with van der Waals surface area (Å²) in [4.78, 5) is 26.6. The second-order valence-electron chi connectivity index (χ2n) is 6.29. The first-order chi connectivity index (χ1) is 12.6. The van der Waals surface area contributed by atoms with Gasteiger partial charge in [0.1, 0.15) is 12.0 Å². The SMILES string of the molecule is Cn1nc(C2CCN(C(=O)c3cnon3)CC2)n(-c2ccccc2)c1=O. The predicted octanol–water partition coefficient (Wildman–Crippen LogP) is 0.974. The maximum atomic E-state index is 12.5. The van der Waals surface area contributed by atoms with Gasteiger partial charge in [-0.15, -0.1) is 0 Å². The number of carbonyl (C=O) groups is 1. The van der Waals surface area contributed by atoms with E-state index in [1.54, 1.807) is 16.5 Å². The van der Waals surface area contributed by atoms with Crippen LogP contribution in [-0.4, -0.2) is 48.6 Å². The van der Waals surface area contributed by atoms with Gasteiger partial charge in [0.25, 0.3) is 5.91 Å². The summed E-state index contributed by atoms with van der Waals surface area (Å²) in [5.41, 5.74) is 0.841. The number of carbonyl (C=O) groups excluding carboxylic acids is 1. The van der Waals surface area contributed by atoms with Crippen LogP contribution in [0.3, 0.4) is 0 Å². The molecular weight excluding hydrogens is 336 g/mol. The van der Waals surface area contributed by atoms with Crippen molar-refractivity contribution in [3.8, 4) is 5.69 Å². The minimum Gasteiger partial charge on any atom is -0.337 e. The highest BCUT2D eigenvalue weighted by atomic mass is 16.6. The molecule has 0 saturated carbocycles. The van der Waals surface area contributed by atoms with Gasteiger partial charge in [-0.2, -0.15) is 5.10 Å². The van der Waals surface area contributed by atoms with Gasteiger partial charge >= 0.3 is 5.69 Å². The molecule has 1 saturated heterocycles. The van der Waals surface area contributed by atoms with Gasteiger partial charge in [0, 0.05) is 26.1 Å². The summed E-state index contributed by atoms with van der Waals surface area (Å²) in [6.45, 7) is 1.13. The lowest BCUT2D eigenvalue weighted by molar-refractivity contribution is 0.0699. The van der Waals surface area contributed by atoms with Crippen LogP contribution in [0.5, 0.6) is 0 Å². The zero-order valence-electron chi connectivity index (χ0n) is 14.3. The molecule has 3 heterocycles. The number of likely N-dealkylation sites (tertiary alicyclic amines) is 1. The normalized spacial score (nSPS) is 15.3. The molecule has 1 aliphatic heterocycles. The topological polar surface area (TPSA) is 99.0 Å². The van der Waals surface area contributed by atoms with Crippen molar-refractivity contribution in [3.05, 3.63) is 58.5 Å². The minimum atomic E-state index is -0.189. The highest BCUT2D eigenvalue weighted by Crippen LogP contribution is 2.28. The highest BCUT2D eigenvalue weighted by Gasteiger charge is 2.30. The first-order valence-electron chi connectivity index (χ1n) is 8.43. The molecule has 0 aliphatic carbocycles. The number of hydrogen-bond donors (Lipinski definition) is 0. The Bertz CT molecular complexity index is 952. The smallest absolute Gasteiger partial charge is 0.337 e. The summed E-state index contributed by atoms with van der Waals surface area (Å²) in [7, 11) is 1.65. The molecule has 1 aliphatic rings. The van der Waals surface area contributed by atoms with Crippen LogP contribution in [0.15, 0.2) is 46.0 Å². The zero-order chi connectivity index (χ0) is 18.1. The van der Waals surface area contributed by atoms with Gasteiger partial charge in [-0.05, 0) is 30.1 Å². The Balaban J connectivity index is 1.56. The Hall–Kier alpha value is -3.23. The largest absolute Gasteiger partial charge is 0.350 e. The summed E-state index contributed by atoms with van der Waals surface area (Å²) in [5.74, 6) is 0.647. The third-order valence-corrected chi connectivity index (χ3v) is 4.69. The fourth-order valence-corrected chi connectivity index (χ4v) is 3.33. The number of aromatic nitrogens is 5. The van der Waals surface area contributed by atoms with E-state index in [1.165, 1.54) is 10.9 Å². The first-order valence-corrected chi connectivity index (χ1v) is 8.43. The lowest BCUT2D eigenvalue weighted by atomic mass is 9.95. The minimum absolute atomic E-state index is 0.101. The second kappa shape index (κ2) is 6.58. The second-order valence-corrected chi connectivity index (χ2v) is 6.29. The predicted molar refractivity (Wildman–Crippen MR) is 91.0 cm³/mol. The number of aryl methyl sites for hydroxylation is 1. The van der Waals surface area contributed by atoms with Crippen molar-refractivity contribution in [3.63, 3.8) is 0 Å². The van der Waals surface area contributed by atoms with Crippen LogP contribution in [0.25, 0.3) is 5.69 Å². The van der Waals surface area contributed by atoms with Crippen LogP contribution in [0, 0.1) is 0 Å². The van der Waals surface area contributed by atoms with Crippen molar-refractivity contribution in [2.45, 2.75) is 18.8 Å². The van der Waals surface area contributed by atoms with E-state index >= 15 is 0 Å². The van der Waals surface area contributed by atoms with Crippen LogP contribution < -0.4 is 5.69 Å². The van der Waals surface area contributed by atoms with Gasteiger partial charge in [-0.1, -0.05) is 23.4 Å². The van der Waals surface area contributed by atoms with E-state index in [4.69, 9.17) is 0 Å². The van der Waals surface area contributed by atoms with Crippen LogP contribution in [0.2, 0.25) is 0 Å². The maximum Gasteiger partial charge on any atom is 0.350 e. The Kier molecular flexibility index (Phi) is 4.11. The van der Waals surface area contributed by atoms with Gasteiger partial charge in [-0.25, -0.2) is 18.7 Å². The molecule has 0 radical (unpaired) electrons. The third kappa shape index (κ3) is 2.81. The lowest BCUT2D eigenvalue weighted by Gasteiger charge is -2.30. The number of amides is 1. The van der Waals surface area contributed by atoms with E-state index in [0.29, 0.717) is 13.1 Å². The third-order valence-electron chi connectivity index (χ3n) is 4.69. The molecule has 134 valence electrons. The van der Waals surface area contributed by atoms with Crippen LogP contribution in [-0.2, 0) is 7.05 Å². The van der Waals surface area contributed by atoms with Crippen LogP contribution in [0.1, 0.15) is 35.1 Å². The lowest BCUT2D eigenvalue weighted by Crippen LogP contribution is -2.38. The molecule has 3 aromatic rings. The molecule has 1 fully saturated rings. The van der Waals surface area contributed by atoms with E-state index in [-0.39, 0.29) is 23.2 Å². The Morgan fingerprint density at radius 2 is 1.92 bits per heavy atom. The summed E-state index contributed by atoms with van der Waals surface area (Å²) in [6, 6.07) is 9.48. The zero-order valence-corrected chi connectivity index (χ0v) is 14.3. The Morgan fingerprint density at radius 3 is 2.58 bits per heavy atom. The summed E-state index contributed by atoms with van der Waals surface area (Å²) in [5, 5.41) is 11.5. The first kappa shape index (κ1) is 16.2. The van der Waals surface area contributed by atoms with Crippen molar-refractivity contribution in [2.75, 3.05) is 13.1 Å². The maximum absolute atomic E-state index is 12.5. The van der Waals surface area contributed by atoms with Crippen molar-refractivity contribution < 1.29 is 9.42 Å². The number of nitrogens with zero attached hydrogens (tertiary/aromatic N) is 6. The van der Waals surface area contributed by atoms with E-state index in [9.17, 15) is 9.59 Å². The van der Waals surface area contributed by atoms with Crippen molar-refractivity contribution in [2.24, 2.45) is 7.05 Å². The monoisotopic (exact) mass is 354 g/mol. The molecule has 0 spiro atoms. The molecular formula is C17H18N6O3. The molecule has 0 bridgehead atoms. The average molecular weight is 354 g/mol. The number of benzene rings is 1. The number of para-hydroxylation sites is 1. The highest BCUT2D eigenvalue weighted by molar-refractivity contribution is 5.91. The van der Waals surface area contributed by atoms with E-state index in [1.807, 2.05) is 30.3 Å². The Labute approximate surface area is 148 Å². The van der Waals surface area contributed by atoms with E-state index in [0.717, 1.165) is 24.4 Å². The summed E-state index contributed by atoms with van der Waals surface area (Å²) in [6.07, 6.45) is 2.76. The summed E-state index contributed by atoms with van der Waals surface area (Å²) < 4.78 is 7.52. The number of hydrogen-bond acceptors (Lipinski definition) is 6. The summed E-state index contributed by atoms with van der Waals surface area (Å²) >= 11 is 0. The molecule has 2 aromatic heterocycles. The molecule has 26 heavy (non-hydrogen) atoms. The average Bonchev–Trinajstić information content (AvgIpc) is 3.31. The fraction of sp³-hybridized carbons (Fsp3) is 0.353. The molecule has 4 rings (SSSR count). The molecule has 0 N–H and O–H groups in total. The quantitative estimate of drug-likeness (QED) is 0.695. The molecule has 9 nitrogen and oxygen atoms in total. The molecule has 0 atom stereocenters. The molecule has 1 amide bonds. The van der Waals surface area contributed by atoms with Gasteiger partial charge < -0.3 is 4.90 Å². The van der Waals surface area contributed by atoms with Gasteiger partial charge in [-0.3, -0.25) is 4.79 Å². The fourth-order valence-electron chi connectivity index (χ4n) is 3.33. The van der Waals surface area contributed by atoms with Crippen LogP contribution in [0.4, 0.5) is 0 Å². The van der Waals surface area contributed by atoms with E-state index < -0.39 is 0 Å². The van der Waals surface area contributed by atoms with Crippen molar-refractivity contribution >= 4 is 5.91 Å². The van der Waals surface area contributed by atoms with Gasteiger partial charge in [0.2, 0.25) is 0 Å². The standard InChI is InChI=1S/C17H18N6O3/c1-21-17(25)23(13-5-3-2-4-6-13)15(19-21)12-7-9-22(10-8-12)16(24)14-11-18-26-20-14/h2-6,11-12H,7-10H2,1H3. The molecule has 0 unspecified atom stereocenters. The molecule has 1 aromatic carbocycles. The van der Waals surface area contributed by atoms with Gasteiger partial charge in [0.15, 0.2) is 5.69 Å². The molecule has 9 heteroatoms. The van der Waals surface area contributed by atoms with E-state index in [2.05, 4.69) is 20.0 Å². The van der Waals surface area contributed by atoms with Gasteiger partial charge in [0.05, 0.1) is 5.69 Å². The van der Waals surface area contributed by atoms with Crippen molar-refractivity contribution in [1.82, 2.24) is 29.6 Å².